The van der Waals surface area contributed by atoms with Gasteiger partial charge < -0.3 is 15.5 Å². The number of anilines is 2. The topological polar surface area (TPSA) is 53.1 Å². The summed E-state index contributed by atoms with van der Waals surface area (Å²) in [6.45, 7) is 8.77. The molecule has 24 heavy (non-hydrogen) atoms. The summed E-state index contributed by atoms with van der Waals surface area (Å²) >= 11 is 5.44. The van der Waals surface area contributed by atoms with Crippen molar-refractivity contribution >= 4 is 29.1 Å². The normalized spacial score (nSPS) is 24.9. The maximum atomic E-state index is 5.44. The lowest BCUT2D eigenvalue weighted by atomic mass is 9.92. The van der Waals surface area contributed by atoms with Crippen LogP contribution in [0.3, 0.4) is 0 Å². The van der Waals surface area contributed by atoms with Gasteiger partial charge in [0.25, 0.3) is 0 Å². The van der Waals surface area contributed by atoms with Gasteiger partial charge in [0, 0.05) is 30.9 Å². The van der Waals surface area contributed by atoms with E-state index in [1.54, 1.807) is 0 Å². The quantitative estimate of drug-likeness (QED) is 0.816. The molecule has 1 aromatic rings. The average Bonchev–Trinajstić information content (AvgIpc) is 2.98. The van der Waals surface area contributed by atoms with Gasteiger partial charge in [0.05, 0.1) is 0 Å². The molecule has 1 saturated carbocycles. The number of aromatic nitrogens is 2. The van der Waals surface area contributed by atoms with Crippen LogP contribution >= 0.6 is 12.2 Å². The monoisotopic (exact) mass is 347 g/mol. The van der Waals surface area contributed by atoms with Crippen LogP contribution < -0.4 is 15.5 Å². The lowest BCUT2D eigenvalue weighted by molar-refractivity contribution is 0.355. The fourth-order valence-corrected chi connectivity index (χ4v) is 4.27. The summed E-state index contributed by atoms with van der Waals surface area (Å²) in [5.41, 5.74) is 0.969. The summed E-state index contributed by atoms with van der Waals surface area (Å²) in [6, 6.07) is 2.57. The zero-order chi connectivity index (χ0) is 17.1. The number of hydrogen-bond donors (Lipinski definition) is 2. The van der Waals surface area contributed by atoms with E-state index >= 15 is 0 Å². The first-order valence-corrected chi connectivity index (χ1v) is 9.58. The van der Waals surface area contributed by atoms with Crippen molar-refractivity contribution in [2.75, 3.05) is 23.3 Å². The number of rotatable bonds is 3. The fraction of sp³-hybridized carbons (Fsp3) is 0.722. The second kappa shape index (κ2) is 7.64. The largest absolute Gasteiger partial charge is 0.360 e. The molecule has 1 aliphatic heterocycles. The van der Waals surface area contributed by atoms with Crippen molar-refractivity contribution in [2.45, 2.75) is 58.9 Å². The van der Waals surface area contributed by atoms with Crippen molar-refractivity contribution < 1.29 is 0 Å². The molecule has 1 aromatic heterocycles. The lowest BCUT2D eigenvalue weighted by Gasteiger charge is -2.36. The van der Waals surface area contributed by atoms with Crippen LogP contribution in [0.5, 0.6) is 0 Å². The van der Waals surface area contributed by atoms with Gasteiger partial charge in [-0.3, -0.25) is 0 Å². The lowest BCUT2D eigenvalue weighted by Crippen LogP contribution is -2.39. The Morgan fingerprint density at radius 3 is 2.50 bits per heavy atom. The van der Waals surface area contributed by atoms with E-state index in [9.17, 15) is 0 Å². The number of piperidine rings is 1. The van der Waals surface area contributed by atoms with Crippen molar-refractivity contribution in [3.63, 3.8) is 0 Å². The molecule has 0 bridgehead atoms. The maximum absolute atomic E-state index is 5.44. The van der Waals surface area contributed by atoms with Crippen molar-refractivity contribution in [2.24, 2.45) is 11.8 Å². The zero-order valence-electron chi connectivity index (χ0n) is 15.0. The minimum atomic E-state index is 0.498. The molecular weight excluding hydrogens is 318 g/mol. The zero-order valence-corrected chi connectivity index (χ0v) is 15.8. The third-order valence-corrected chi connectivity index (χ3v) is 5.17. The van der Waals surface area contributed by atoms with Crippen molar-refractivity contribution in [3.05, 3.63) is 11.8 Å². The molecule has 0 radical (unpaired) electrons. The summed E-state index contributed by atoms with van der Waals surface area (Å²) in [7, 11) is 0. The number of nitrogens with one attached hydrogen (secondary N) is 2. The van der Waals surface area contributed by atoms with Gasteiger partial charge in [-0.15, -0.1) is 0 Å². The summed E-state index contributed by atoms with van der Waals surface area (Å²) in [5.74, 6) is 3.01. The van der Waals surface area contributed by atoms with Gasteiger partial charge in [-0.2, -0.15) is 4.98 Å². The number of thiocarbonyl (C=S) groups is 1. The van der Waals surface area contributed by atoms with Crippen LogP contribution in [0.15, 0.2) is 6.07 Å². The first kappa shape index (κ1) is 17.4. The van der Waals surface area contributed by atoms with Crippen LogP contribution in [0.1, 0.15) is 51.6 Å². The van der Waals surface area contributed by atoms with Gasteiger partial charge in [0.1, 0.15) is 5.82 Å². The van der Waals surface area contributed by atoms with Crippen LogP contribution in [-0.4, -0.2) is 34.2 Å². The molecule has 0 spiro atoms. The van der Waals surface area contributed by atoms with Crippen LogP contribution in [0, 0.1) is 18.8 Å². The molecule has 0 amide bonds. The number of hydrogen-bond acceptors (Lipinski definition) is 4. The molecule has 2 fully saturated rings. The third-order valence-electron chi connectivity index (χ3n) is 4.95. The molecule has 2 aliphatic rings. The molecular formula is C18H29N5S. The third kappa shape index (κ3) is 4.56. The van der Waals surface area contributed by atoms with E-state index < -0.39 is 0 Å². The fourth-order valence-electron chi connectivity index (χ4n) is 4.01. The number of nitrogens with zero attached hydrogens (tertiary/aromatic N) is 3. The predicted octanol–water partition coefficient (Wildman–Crippen LogP) is 3.50. The predicted molar refractivity (Wildman–Crippen MR) is 104 cm³/mol. The molecule has 3 rings (SSSR count). The SMILES string of the molecule is Cc1cc(N2C[C@H](C)C[C@H](C)C2)nc(NC(=S)NC2CCCC2)n1. The Bertz CT molecular complexity index is 575. The Labute approximate surface area is 150 Å². The van der Waals surface area contributed by atoms with E-state index in [1.165, 1.54) is 32.1 Å². The molecule has 2 atom stereocenters. The Kier molecular flexibility index (Phi) is 5.54. The highest BCUT2D eigenvalue weighted by molar-refractivity contribution is 7.80. The van der Waals surface area contributed by atoms with E-state index in [0.29, 0.717) is 28.9 Å². The van der Waals surface area contributed by atoms with Crippen molar-refractivity contribution in [1.29, 1.82) is 0 Å². The van der Waals surface area contributed by atoms with Gasteiger partial charge in [0.2, 0.25) is 5.95 Å². The van der Waals surface area contributed by atoms with E-state index in [0.717, 1.165) is 24.6 Å². The van der Waals surface area contributed by atoms with Gasteiger partial charge in [0.15, 0.2) is 5.11 Å². The van der Waals surface area contributed by atoms with Gasteiger partial charge in [-0.1, -0.05) is 26.7 Å². The van der Waals surface area contributed by atoms with Gasteiger partial charge in [-0.25, -0.2) is 4.98 Å². The standard InChI is InChI=1S/C18H29N5S/c1-12-8-13(2)11-23(10-12)16-9-14(3)19-17(21-16)22-18(24)20-15-6-4-5-7-15/h9,12-13,15H,4-8,10-11H2,1-3H3,(H2,19,20,21,22,24)/t12-,13+. The Balaban J connectivity index is 1.67. The summed E-state index contributed by atoms with van der Waals surface area (Å²) < 4.78 is 0. The summed E-state index contributed by atoms with van der Waals surface area (Å²) in [5, 5.41) is 7.21. The first-order valence-electron chi connectivity index (χ1n) is 9.17. The van der Waals surface area contributed by atoms with E-state index in [2.05, 4.69) is 40.4 Å². The molecule has 2 N–H and O–H groups in total. The van der Waals surface area contributed by atoms with E-state index in [-0.39, 0.29) is 0 Å². The second-order valence-electron chi connectivity index (χ2n) is 7.62. The van der Waals surface area contributed by atoms with Gasteiger partial charge in [-0.05, 0) is 50.2 Å². The molecule has 5 nitrogen and oxygen atoms in total. The van der Waals surface area contributed by atoms with Crippen molar-refractivity contribution in [1.82, 2.24) is 15.3 Å². The number of aryl methyl sites for hydroxylation is 1. The van der Waals surface area contributed by atoms with Gasteiger partial charge >= 0.3 is 0 Å². The van der Waals surface area contributed by atoms with Crippen LogP contribution in [-0.2, 0) is 0 Å². The molecule has 132 valence electrons. The summed E-state index contributed by atoms with van der Waals surface area (Å²) in [4.78, 5) is 11.6. The molecule has 0 unspecified atom stereocenters. The van der Waals surface area contributed by atoms with E-state index in [1.807, 2.05) is 6.92 Å². The Hall–Kier alpha value is -1.43. The summed E-state index contributed by atoms with van der Waals surface area (Å²) in [6.07, 6.45) is 6.27. The molecule has 6 heteroatoms. The first-order chi connectivity index (χ1) is 11.5. The molecule has 1 aliphatic carbocycles. The highest BCUT2D eigenvalue weighted by atomic mass is 32.1. The van der Waals surface area contributed by atoms with Crippen LogP contribution in [0.25, 0.3) is 0 Å². The minimum absolute atomic E-state index is 0.498. The molecule has 1 saturated heterocycles. The highest BCUT2D eigenvalue weighted by Gasteiger charge is 2.23. The van der Waals surface area contributed by atoms with Crippen molar-refractivity contribution in [3.8, 4) is 0 Å². The van der Waals surface area contributed by atoms with Crippen LogP contribution in [0.4, 0.5) is 11.8 Å². The van der Waals surface area contributed by atoms with E-state index in [4.69, 9.17) is 17.2 Å². The maximum Gasteiger partial charge on any atom is 0.231 e. The Morgan fingerprint density at radius 1 is 1.17 bits per heavy atom. The Morgan fingerprint density at radius 2 is 1.83 bits per heavy atom. The molecule has 0 aromatic carbocycles. The molecule has 2 heterocycles. The smallest absolute Gasteiger partial charge is 0.231 e. The minimum Gasteiger partial charge on any atom is -0.360 e. The second-order valence-corrected chi connectivity index (χ2v) is 8.03. The van der Waals surface area contributed by atoms with Crippen LogP contribution in [0.2, 0.25) is 0 Å². The highest BCUT2D eigenvalue weighted by Crippen LogP contribution is 2.26. The average molecular weight is 348 g/mol.